The lowest BCUT2D eigenvalue weighted by Crippen LogP contribution is -2.91. The molecule has 0 amide bonds. The number of H-pyrrole nitrogens is 1. The van der Waals surface area contributed by atoms with Crippen LogP contribution in [0.2, 0.25) is 0 Å². The Morgan fingerprint density at radius 3 is 2.70 bits per heavy atom. The van der Waals surface area contributed by atoms with Crippen LogP contribution in [0.3, 0.4) is 0 Å². The number of esters is 1. The van der Waals surface area contributed by atoms with E-state index in [-0.39, 0.29) is 62.2 Å². The number of carboxylic acid groups (broad SMARTS) is 1. The number of ether oxygens (including phenoxy) is 5. The number of carboxylic acids is 1. The Labute approximate surface area is 356 Å². The summed E-state index contributed by atoms with van der Waals surface area (Å²) in [5.41, 5.74) is -3.49. The molecular formula is C48H61NO12. The van der Waals surface area contributed by atoms with Crippen LogP contribution in [-0.4, -0.2) is 110 Å². The Morgan fingerprint density at radius 1 is 1.11 bits per heavy atom. The summed E-state index contributed by atoms with van der Waals surface area (Å²) in [6, 6.07) is 2.21. The maximum atomic E-state index is 13.5. The van der Waals surface area contributed by atoms with Crippen molar-refractivity contribution in [3.63, 3.8) is 0 Å². The number of carbonyl (C=O) groups excluding carboxylic acids is 1. The molecule has 1 aromatic rings. The van der Waals surface area contributed by atoms with Crippen LogP contribution in [0.4, 0.5) is 0 Å². The van der Waals surface area contributed by atoms with Crippen LogP contribution in [0.5, 0.6) is 0 Å². The molecule has 0 radical (unpaired) electrons. The van der Waals surface area contributed by atoms with Crippen molar-refractivity contribution >= 4 is 23.3 Å². The Balaban J connectivity index is 1.19. The SMILES string of the molecule is COC(=O)C1=CC2C3CC=CC(C1CC(=O)O)C2OC12OC4(COCCC3)C(C#CCC(CO)CC3=c5[nH]c(C(C)C6CCCCC6)cc5=C5CCC1(O)C(O)C54O3)CC2O. The van der Waals surface area contributed by atoms with Crippen LogP contribution in [0.15, 0.2) is 29.9 Å². The normalized spacial score (nSPS) is 43.1. The smallest absolute Gasteiger partial charge is 0.333 e. The van der Waals surface area contributed by atoms with Gasteiger partial charge in [-0.1, -0.05) is 50.3 Å². The molecule has 6 N–H and O–H groups in total. The van der Waals surface area contributed by atoms with Gasteiger partial charge in [0.2, 0.25) is 5.79 Å². The molecule has 9 bridgehead atoms. The molecule has 2 saturated carbocycles. The highest BCUT2D eigenvalue weighted by atomic mass is 16.8. The number of aliphatic hydroxyl groups is 4. The fourth-order valence-electron chi connectivity index (χ4n) is 13.5. The summed E-state index contributed by atoms with van der Waals surface area (Å²) in [5.74, 6) is 0.992. The molecule has 4 aliphatic carbocycles. The summed E-state index contributed by atoms with van der Waals surface area (Å²) in [6.07, 6.45) is 10.1. The summed E-state index contributed by atoms with van der Waals surface area (Å²) in [7, 11) is 1.28. The van der Waals surface area contributed by atoms with E-state index in [0.29, 0.717) is 50.4 Å². The van der Waals surface area contributed by atoms with E-state index in [1.54, 1.807) is 6.08 Å². The first-order chi connectivity index (χ1) is 29.4. The molecule has 6 heterocycles. The van der Waals surface area contributed by atoms with E-state index in [1.807, 2.05) is 12.2 Å². The lowest BCUT2D eigenvalue weighted by atomic mass is 9.50. The summed E-state index contributed by atoms with van der Waals surface area (Å²) in [6.45, 7) is 2.38. The van der Waals surface area contributed by atoms with Crippen LogP contribution < -0.4 is 10.6 Å². The fraction of sp³-hybridized carbons (Fsp3) is 0.708. The minimum Gasteiger partial charge on any atom is -0.481 e. The van der Waals surface area contributed by atoms with Crippen LogP contribution >= 0.6 is 0 Å². The first-order valence-corrected chi connectivity index (χ1v) is 22.9. The van der Waals surface area contributed by atoms with Gasteiger partial charge in [-0.2, -0.15) is 0 Å². The molecule has 5 aliphatic heterocycles. The first-order valence-electron chi connectivity index (χ1n) is 22.9. The maximum absolute atomic E-state index is 13.5. The van der Waals surface area contributed by atoms with Crippen LogP contribution in [0, 0.1) is 53.3 Å². The number of aliphatic carboxylic acids is 1. The van der Waals surface area contributed by atoms with Crippen LogP contribution in [-0.2, 0) is 33.3 Å². The minimum absolute atomic E-state index is 0.0179. The van der Waals surface area contributed by atoms with Gasteiger partial charge in [0.15, 0.2) is 16.8 Å². The average Bonchev–Trinajstić information content (AvgIpc) is 3.66. The van der Waals surface area contributed by atoms with E-state index in [0.717, 1.165) is 34.7 Å². The summed E-state index contributed by atoms with van der Waals surface area (Å²) < 4.78 is 34.2. The second kappa shape index (κ2) is 15.4. The third-order valence-electron chi connectivity index (χ3n) is 16.7. The van der Waals surface area contributed by atoms with Gasteiger partial charge in [0, 0.05) is 60.3 Å². The highest BCUT2D eigenvalue weighted by molar-refractivity contribution is 5.90. The average molecular weight is 844 g/mol. The van der Waals surface area contributed by atoms with Gasteiger partial charge in [0.05, 0.1) is 37.5 Å². The van der Waals surface area contributed by atoms with E-state index < -0.39 is 76.5 Å². The number of aromatic nitrogens is 1. The maximum Gasteiger partial charge on any atom is 0.333 e. The predicted molar refractivity (Wildman–Crippen MR) is 219 cm³/mol. The van der Waals surface area contributed by atoms with Gasteiger partial charge < -0.3 is 54.2 Å². The number of nitrogens with one attached hydrogen (secondary N) is 1. The lowest BCUT2D eigenvalue weighted by molar-refractivity contribution is -0.495. The number of hydrogen-bond donors (Lipinski definition) is 6. The second-order valence-corrected chi connectivity index (χ2v) is 19.7. The van der Waals surface area contributed by atoms with Gasteiger partial charge in [-0.25, -0.2) is 4.79 Å². The molecular weight excluding hydrogens is 783 g/mol. The van der Waals surface area contributed by atoms with Gasteiger partial charge >= 0.3 is 11.9 Å². The molecule has 2 spiro atoms. The number of aromatic amines is 1. The third-order valence-corrected chi connectivity index (χ3v) is 16.7. The van der Waals surface area contributed by atoms with Gasteiger partial charge in [0.1, 0.15) is 18.0 Å². The molecule has 3 saturated heterocycles. The Bertz CT molecular complexity index is 2200. The lowest BCUT2D eigenvalue weighted by Gasteiger charge is -2.72. The van der Waals surface area contributed by atoms with Crippen molar-refractivity contribution in [3.05, 3.63) is 46.1 Å². The summed E-state index contributed by atoms with van der Waals surface area (Å²) in [4.78, 5) is 29.7. The third kappa shape index (κ3) is 5.99. The first kappa shape index (κ1) is 41.5. The molecule has 13 nitrogen and oxygen atoms in total. The highest BCUT2D eigenvalue weighted by Gasteiger charge is 2.85. The van der Waals surface area contributed by atoms with Gasteiger partial charge in [-0.15, -0.1) is 5.92 Å². The predicted octanol–water partition coefficient (Wildman–Crippen LogP) is 3.07. The number of fused-ring (bicyclic) bond motifs is 3. The van der Waals surface area contributed by atoms with E-state index in [4.69, 9.17) is 23.7 Å². The zero-order valence-electron chi connectivity index (χ0n) is 35.3. The highest BCUT2D eigenvalue weighted by Crippen LogP contribution is 2.67. The molecule has 14 atom stereocenters. The second-order valence-electron chi connectivity index (χ2n) is 19.7. The molecule has 14 unspecified atom stereocenters. The van der Waals surface area contributed by atoms with Crippen molar-refractivity contribution in [3.8, 4) is 11.8 Å². The number of methoxy groups -OCH3 is 1. The van der Waals surface area contributed by atoms with Crippen molar-refractivity contribution in [2.24, 2.45) is 41.4 Å². The van der Waals surface area contributed by atoms with Crippen LogP contribution in [0.25, 0.3) is 11.3 Å². The Hall–Kier alpha value is -3.48. The van der Waals surface area contributed by atoms with Crippen molar-refractivity contribution in [1.29, 1.82) is 0 Å². The van der Waals surface area contributed by atoms with Crippen molar-refractivity contribution in [1.82, 2.24) is 4.98 Å². The summed E-state index contributed by atoms with van der Waals surface area (Å²) >= 11 is 0. The topological polar surface area (TPSA) is 197 Å². The minimum atomic E-state index is -2.25. The van der Waals surface area contributed by atoms with E-state index in [1.165, 1.54) is 26.4 Å². The molecule has 330 valence electrons. The zero-order valence-corrected chi connectivity index (χ0v) is 35.3. The molecule has 13 heteroatoms. The molecule has 9 aliphatic rings. The van der Waals surface area contributed by atoms with E-state index >= 15 is 0 Å². The standard InChI is InChI=1S/C48H61NO12/c1-26(28-10-4-3-5-11-28)37-22-35-36-16-17-45(56)44(55)47(36)46-25-58-18-8-13-29-12-7-15-31-33(23-40(52)53)34(43(54)57-2)21-32(29)42(31)60-48(45,61-46)39(51)20-30(46)14-6-9-27(24-50)19-38(59-47)41(35)49-37/h7,15,21-22,26-33,39,42,44,49-51,55-56H,3-5,8-13,16-20,23-25H2,1-2H3,(H,52,53). The molecule has 5 fully saturated rings. The van der Waals surface area contributed by atoms with Crippen LogP contribution in [0.1, 0.15) is 108 Å². The van der Waals surface area contributed by atoms with Crippen molar-refractivity contribution in [2.45, 2.75) is 144 Å². The number of rotatable bonds is 6. The van der Waals surface area contributed by atoms with Crippen molar-refractivity contribution < 1.29 is 58.8 Å². The van der Waals surface area contributed by atoms with Gasteiger partial charge in [-0.05, 0) is 86.7 Å². The number of hydrogen-bond acceptors (Lipinski definition) is 11. The van der Waals surface area contributed by atoms with E-state index in [9.17, 15) is 35.1 Å². The quantitative estimate of drug-likeness (QED) is 0.139. The van der Waals surface area contributed by atoms with Gasteiger partial charge in [-0.3, -0.25) is 4.79 Å². The number of aliphatic hydroxyl groups excluding tert-OH is 3. The Morgan fingerprint density at radius 2 is 1.93 bits per heavy atom. The fourth-order valence-corrected chi connectivity index (χ4v) is 13.5. The molecule has 0 aromatic carbocycles. The molecule has 1 aromatic heterocycles. The summed E-state index contributed by atoms with van der Waals surface area (Å²) in [5, 5.41) is 62.2. The monoisotopic (exact) mass is 843 g/mol. The molecule has 10 rings (SSSR count). The van der Waals surface area contributed by atoms with Crippen molar-refractivity contribution in [2.75, 3.05) is 26.9 Å². The zero-order chi connectivity index (χ0) is 42.5. The largest absolute Gasteiger partial charge is 0.481 e. The number of allylic oxidation sites excluding steroid dienone is 1. The number of carbonyl (C=O) groups is 2. The molecule has 61 heavy (non-hydrogen) atoms. The Kier molecular flexibility index (Phi) is 10.5. The van der Waals surface area contributed by atoms with Gasteiger partial charge in [0.25, 0.3) is 0 Å². The van der Waals surface area contributed by atoms with E-state index in [2.05, 4.69) is 29.8 Å².